The smallest absolute Gasteiger partial charge is 0.433 e. The molecule has 2 amide bonds. The molecule has 0 saturated heterocycles. The Bertz CT molecular complexity index is 1810. The predicted octanol–water partition coefficient (Wildman–Crippen LogP) is 8.29. The average molecular weight is 791 g/mol. The van der Waals surface area contributed by atoms with E-state index in [1.807, 2.05) is 13.8 Å². The second-order valence-corrected chi connectivity index (χ2v) is 15.2. The molecule has 2 aromatic carbocycles. The molecule has 8 nitrogen and oxygen atoms in total. The minimum Gasteiger partial charge on any atom is -0.453 e. The number of ether oxygens (including phenoxy) is 1. The molecule has 1 heterocycles. The molecule has 0 bridgehead atoms. The number of nitrogens with zero attached hydrogens (tertiary/aromatic N) is 1. The second-order valence-electron chi connectivity index (χ2n) is 13.2. The Morgan fingerprint density at radius 1 is 1.06 bits per heavy atom. The summed E-state index contributed by atoms with van der Waals surface area (Å²) in [5, 5.41) is 8.95. The number of allylic oxidation sites excluding steroid dienone is 1. The molecule has 3 rings (SSSR count). The van der Waals surface area contributed by atoms with Crippen molar-refractivity contribution in [2.24, 2.45) is 11.8 Å². The quantitative estimate of drug-likeness (QED) is 0.0722. The van der Waals surface area contributed by atoms with E-state index in [0.717, 1.165) is 37.8 Å². The number of aromatic nitrogens is 1. The van der Waals surface area contributed by atoms with Gasteiger partial charge in [-0.15, -0.1) is 0 Å². The first-order chi connectivity index (χ1) is 25.5. The summed E-state index contributed by atoms with van der Waals surface area (Å²) in [5.74, 6) is 5.03. The molecule has 0 saturated carbocycles. The van der Waals surface area contributed by atoms with Gasteiger partial charge in [0.05, 0.1) is 13.7 Å². The van der Waals surface area contributed by atoms with Crippen molar-refractivity contribution in [3.05, 3.63) is 106 Å². The first-order valence-electron chi connectivity index (χ1n) is 17.4. The van der Waals surface area contributed by atoms with Gasteiger partial charge >= 0.3 is 12.3 Å². The molecule has 54 heavy (non-hydrogen) atoms. The van der Waals surface area contributed by atoms with E-state index in [2.05, 4.69) is 46.3 Å². The monoisotopic (exact) mass is 790 g/mol. The molecule has 3 aromatic rings. The second kappa shape index (κ2) is 21.0. The Morgan fingerprint density at radius 2 is 1.74 bits per heavy atom. The van der Waals surface area contributed by atoms with Crippen LogP contribution in [0.5, 0.6) is 0 Å². The molecule has 0 spiro atoms. The summed E-state index contributed by atoms with van der Waals surface area (Å²) in [4.78, 5) is 30.2. The van der Waals surface area contributed by atoms with Gasteiger partial charge < -0.3 is 20.7 Å². The van der Waals surface area contributed by atoms with Crippen molar-refractivity contribution in [2.45, 2.75) is 70.6 Å². The van der Waals surface area contributed by atoms with Crippen molar-refractivity contribution in [3.63, 3.8) is 0 Å². The standard InChI is InChI=1S/C40H47ClF4N4O4S/c1-25(2)27(4)28(11-9-23-54(6)52)10-8-22-46-26(3)14-20-32-33(42)12-7-13-34(32)48-38(50)37(49-39(51)53-5)36(29-15-18-31(41)19-16-29)30-17-21-35(47-24-30)40(43,44)45/h7,12-13,15-19,21,24,26-28,36-37,46H,1,9,11,14,20,22-23H2,2-6H3,(H,48,50)(H,49,51)/t26?,27?,28?,36-,37-,54?/m0/s1. The van der Waals surface area contributed by atoms with Crippen LogP contribution < -0.4 is 16.0 Å². The maximum absolute atomic E-state index is 15.3. The van der Waals surface area contributed by atoms with E-state index in [-0.39, 0.29) is 41.1 Å². The SMILES string of the molecule is C=C(C)C(C)C(C#CCNC(C)CCc1c(F)cccc1NC(=O)[C@@H](NC(=O)OC)[C@@H](c1ccc(Cl)cc1)c1ccc(C(F)(F)F)nc1)CCCS(C)=O. The van der Waals surface area contributed by atoms with Gasteiger partial charge in [0.15, 0.2) is 0 Å². The van der Waals surface area contributed by atoms with E-state index >= 15 is 4.39 Å². The molecule has 0 aliphatic heterocycles. The summed E-state index contributed by atoms with van der Waals surface area (Å²) >= 11 is 6.10. The van der Waals surface area contributed by atoms with E-state index in [4.69, 9.17) is 16.3 Å². The topological polar surface area (TPSA) is 109 Å². The zero-order valence-electron chi connectivity index (χ0n) is 31.0. The van der Waals surface area contributed by atoms with Crippen LogP contribution in [0, 0.1) is 29.5 Å². The highest BCUT2D eigenvalue weighted by Crippen LogP contribution is 2.33. The third-order valence-corrected chi connectivity index (χ3v) is 10.2. The third-order valence-electron chi connectivity index (χ3n) is 9.10. The molecule has 0 aliphatic carbocycles. The van der Waals surface area contributed by atoms with Crippen molar-refractivity contribution in [1.29, 1.82) is 0 Å². The highest BCUT2D eigenvalue weighted by Gasteiger charge is 2.36. The minimum absolute atomic E-state index is 0.0834. The van der Waals surface area contributed by atoms with Crippen molar-refractivity contribution < 1.29 is 36.1 Å². The fourth-order valence-electron chi connectivity index (χ4n) is 5.80. The maximum atomic E-state index is 15.3. The van der Waals surface area contributed by atoms with Gasteiger partial charge in [-0.05, 0) is 86.9 Å². The lowest BCUT2D eigenvalue weighted by Gasteiger charge is -2.28. The van der Waals surface area contributed by atoms with Crippen LogP contribution in [0.25, 0.3) is 0 Å². The lowest BCUT2D eigenvalue weighted by molar-refractivity contribution is -0.141. The van der Waals surface area contributed by atoms with E-state index in [1.54, 1.807) is 30.5 Å². The van der Waals surface area contributed by atoms with Crippen LogP contribution in [0.3, 0.4) is 0 Å². The van der Waals surface area contributed by atoms with Gasteiger partial charge in [0.2, 0.25) is 5.91 Å². The lowest BCUT2D eigenvalue weighted by Crippen LogP contribution is -2.48. The van der Waals surface area contributed by atoms with Crippen LogP contribution in [-0.2, 0) is 32.9 Å². The number of alkyl halides is 3. The van der Waals surface area contributed by atoms with Gasteiger partial charge in [0.25, 0.3) is 0 Å². The molecule has 0 radical (unpaired) electrons. The summed E-state index contributed by atoms with van der Waals surface area (Å²) < 4.78 is 71.8. The predicted molar refractivity (Wildman–Crippen MR) is 206 cm³/mol. The van der Waals surface area contributed by atoms with Crippen LogP contribution in [0.2, 0.25) is 5.02 Å². The minimum atomic E-state index is -4.70. The molecule has 1 aromatic heterocycles. The average Bonchev–Trinajstić information content (AvgIpc) is 3.12. The van der Waals surface area contributed by atoms with E-state index in [9.17, 15) is 27.0 Å². The van der Waals surface area contributed by atoms with Gasteiger partial charge in [0.1, 0.15) is 17.6 Å². The zero-order chi connectivity index (χ0) is 40.0. The molecule has 0 aliphatic rings. The molecular weight excluding hydrogens is 744 g/mol. The summed E-state index contributed by atoms with van der Waals surface area (Å²) in [6.07, 6.45) is -0.670. The zero-order valence-corrected chi connectivity index (χ0v) is 32.6. The molecule has 4 unspecified atom stereocenters. The number of pyridine rings is 1. The molecule has 292 valence electrons. The number of anilines is 1. The van der Waals surface area contributed by atoms with E-state index in [0.29, 0.717) is 29.3 Å². The number of alkyl carbamates (subject to hydrolysis) is 1. The third kappa shape index (κ3) is 13.6. The first-order valence-corrected chi connectivity index (χ1v) is 19.5. The number of halogens is 5. The Labute approximate surface area is 322 Å². The Kier molecular flexibility index (Phi) is 17.2. The fourth-order valence-corrected chi connectivity index (χ4v) is 6.50. The number of carbonyl (C=O) groups excluding carboxylic acids is 2. The molecular formula is C40H47ClF4N4O4S. The van der Waals surface area contributed by atoms with Crippen LogP contribution in [0.1, 0.15) is 68.3 Å². The first kappa shape index (κ1) is 44.1. The fraction of sp³-hybridized carbons (Fsp3) is 0.425. The van der Waals surface area contributed by atoms with E-state index < -0.39 is 52.4 Å². The molecule has 0 fully saturated rings. The maximum Gasteiger partial charge on any atom is 0.433 e. The van der Waals surface area contributed by atoms with Crippen LogP contribution in [0.4, 0.5) is 28.0 Å². The van der Waals surface area contributed by atoms with Crippen molar-refractivity contribution in [3.8, 4) is 11.8 Å². The van der Waals surface area contributed by atoms with Crippen molar-refractivity contribution >= 4 is 40.1 Å². The summed E-state index contributed by atoms with van der Waals surface area (Å²) in [6, 6.07) is 10.9. The number of nitrogens with one attached hydrogen (secondary N) is 3. The Morgan fingerprint density at radius 3 is 2.33 bits per heavy atom. The highest BCUT2D eigenvalue weighted by molar-refractivity contribution is 7.84. The molecule has 14 heteroatoms. The Balaban J connectivity index is 1.83. The van der Waals surface area contributed by atoms with Gasteiger partial charge in [-0.3, -0.25) is 14.0 Å². The highest BCUT2D eigenvalue weighted by atomic mass is 35.5. The van der Waals surface area contributed by atoms with Gasteiger partial charge in [-0.25, -0.2) is 9.18 Å². The lowest BCUT2D eigenvalue weighted by atomic mass is 9.85. The van der Waals surface area contributed by atoms with Gasteiger partial charge in [-0.2, -0.15) is 13.2 Å². The summed E-state index contributed by atoms with van der Waals surface area (Å²) in [7, 11) is 0.238. The van der Waals surface area contributed by atoms with Crippen molar-refractivity contribution in [1.82, 2.24) is 15.6 Å². The summed E-state index contributed by atoms with van der Waals surface area (Å²) in [5.41, 5.74) is 0.899. The number of amides is 2. The van der Waals surface area contributed by atoms with Gasteiger partial charge in [0, 0.05) is 63.2 Å². The number of carbonyl (C=O) groups is 2. The van der Waals surface area contributed by atoms with Crippen molar-refractivity contribution in [2.75, 3.05) is 31.0 Å². The number of benzene rings is 2. The largest absolute Gasteiger partial charge is 0.453 e. The Hall–Kier alpha value is -4.25. The molecule has 6 atom stereocenters. The van der Waals surface area contributed by atoms with Crippen LogP contribution >= 0.6 is 11.6 Å². The van der Waals surface area contributed by atoms with E-state index in [1.165, 1.54) is 24.3 Å². The van der Waals surface area contributed by atoms with Crippen LogP contribution in [0.15, 0.2) is 72.9 Å². The number of hydrogen-bond donors (Lipinski definition) is 3. The number of methoxy groups -OCH3 is 1. The number of rotatable bonds is 17. The normalized spacial score (nSPS) is 14.7. The molecule has 3 N–H and O–H groups in total. The van der Waals surface area contributed by atoms with Crippen LogP contribution in [-0.4, -0.2) is 58.9 Å². The summed E-state index contributed by atoms with van der Waals surface area (Å²) in [6.45, 7) is 10.5. The number of hydrogen-bond acceptors (Lipinski definition) is 6. The van der Waals surface area contributed by atoms with Gasteiger partial charge in [-0.1, -0.05) is 66.8 Å².